The van der Waals surface area contributed by atoms with Crippen LogP contribution in [0.5, 0.6) is 0 Å². The molecule has 1 fully saturated rings. The second-order valence-electron chi connectivity index (χ2n) is 6.42. The van der Waals surface area contributed by atoms with Gasteiger partial charge in [0.05, 0.1) is 0 Å². The molecule has 2 rings (SSSR count). The lowest BCUT2D eigenvalue weighted by molar-refractivity contribution is -0.135. The van der Waals surface area contributed by atoms with Gasteiger partial charge in [-0.1, -0.05) is 36.8 Å². The third-order valence-electron chi connectivity index (χ3n) is 4.29. The summed E-state index contributed by atoms with van der Waals surface area (Å²) in [7, 11) is 0. The Morgan fingerprint density at radius 3 is 2.50 bits per heavy atom. The molecule has 0 aliphatic carbocycles. The lowest BCUT2D eigenvalue weighted by atomic mass is 9.91. The molecule has 0 aromatic heterocycles. The maximum atomic E-state index is 11.5. The van der Waals surface area contributed by atoms with Crippen LogP contribution in [0.2, 0.25) is 0 Å². The molecule has 5 nitrogen and oxygen atoms in total. The van der Waals surface area contributed by atoms with Crippen LogP contribution in [0.4, 0.5) is 4.79 Å². The SMILES string of the molecule is CC(C)(CCCCc1ccccc1)N(C(=O)O)C1CNC1=O. The van der Waals surface area contributed by atoms with Gasteiger partial charge in [-0.05, 0) is 38.7 Å². The van der Waals surface area contributed by atoms with Crippen LogP contribution in [0.25, 0.3) is 0 Å². The Balaban J connectivity index is 1.86. The Morgan fingerprint density at radius 1 is 1.32 bits per heavy atom. The molecule has 2 N–H and O–H groups in total. The van der Waals surface area contributed by atoms with E-state index < -0.39 is 17.7 Å². The van der Waals surface area contributed by atoms with E-state index in [1.165, 1.54) is 10.5 Å². The summed E-state index contributed by atoms with van der Waals surface area (Å²) in [5.41, 5.74) is 0.763. The van der Waals surface area contributed by atoms with E-state index in [1.807, 2.05) is 32.0 Å². The van der Waals surface area contributed by atoms with Crippen LogP contribution in [0.15, 0.2) is 30.3 Å². The van der Waals surface area contributed by atoms with Gasteiger partial charge in [-0.25, -0.2) is 4.79 Å². The zero-order valence-corrected chi connectivity index (χ0v) is 13.2. The number of nitrogens with one attached hydrogen (secondary N) is 1. The monoisotopic (exact) mass is 304 g/mol. The van der Waals surface area contributed by atoms with Gasteiger partial charge < -0.3 is 10.4 Å². The normalized spacial score (nSPS) is 17.5. The summed E-state index contributed by atoms with van der Waals surface area (Å²) in [6.45, 7) is 4.21. The smallest absolute Gasteiger partial charge is 0.408 e. The first-order chi connectivity index (χ1) is 10.4. The van der Waals surface area contributed by atoms with Crippen LogP contribution < -0.4 is 5.32 Å². The van der Waals surface area contributed by atoms with Crippen molar-refractivity contribution >= 4 is 12.0 Å². The van der Waals surface area contributed by atoms with Crippen molar-refractivity contribution in [3.8, 4) is 0 Å². The Kier molecular flexibility index (Phi) is 5.06. The van der Waals surface area contributed by atoms with E-state index in [9.17, 15) is 14.7 Å². The number of rotatable bonds is 7. The van der Waals surface area contributed by atoms with Crippen molar-refractivity contribution in [1.82, 2.24) is 10.2 Å². The average Bonchev–Trinajstić information content (AvgIpc) is 2.48. The summed E-state index contributed by atoms with van der Waals surface area (Å²) >= 11 is 0. The number of hydrogen-bond donors (Lipinski definition) is 2. The number of unbranched alkanes of at least 4 members (excludes halogenated alkanes) is 1. The standard InChI is InChI=1S/C17H24N2O3/c1-17(2,19(16(21)22)14-12-18-15(14)20)11-7-6-10-13-8-4-3-5-9-13/h3-5,8-9,14H,6-7,10-12H2,1-2H3,(H,18,20)(H,21,22). The number of amides is 2. The zero-order chi connectivity index (χ0) is 16.2. The van der Waals surface area contributed by atoms with Crippen molar-refractivity contribution < 1.29 is 14.7 Å². The fourth-order valence-electron chi connectivity index (χ4n) is 2.95. The Bertz CT molecular complexity index is 528. The topological polar surface area (TPSA) is 69.6 Å². The van der Waals surface area contributed by atoms with E-state index in [1.54, 1.807) is 0 Å². The highest BCUT2D eigenvalue weighted by molar-refractivity contribution is 5.90. The summed E-state index contributed by atoms with van der Waals surface area (Å²) < 4.78 is 0. The van der Waals surface area contributed by atoms with Crippen LogP contribution in [-0.2, 0) is 11.2 Å². The molecule has 1 aromatic carbocycles. The Labute approximate surface area is 131 Å². The number of benzene rings is 1. The van der Waals surface area contributed by atoms with Crippen molar-refractivity contribution in [3.63, 3.8) is 0 Å². The van der Waals surface area contributed by atoms with Crippen molar-refractivity contribution in [2.75, 3.05) is 6.54 Å². The van der Waals surface area contributed by atoms with Gasteiger partial charge in [0.2, 0.25) is 5.91 Å². The molecular weight excluding hydrogens is 280 g/mol. The lowest BCUT2D eigenvalue weighted by Gasteiger charge is -2.44. The molecule has 0 bridgehead atoms. The summed E-state index contributed by atoms with van der Waals surface area (Å²) in [4.78, 5) is 24.4. The summed E-state index contributed by atoms with van der Waals surface area (Å²) in [6, 6.07) is 9.73. The predicted molar refractivity (Wildman–Crippen MR) is 84.7 cm³/mol. The third kappa shape index (κ3) is 3.78. The molecular formula is C17H24N2O3. The van der Waals surface area contributed by atoms with Gasteiger partial charge in [0.25, 0.3) is 0 Å². The Hall–Kier alpha value is -2.04. The number of β-lactam (4-membered cyclic amide) rings is 1. The molecule has 5 heteroatoms. The van der Waals surface area contributed by atoms with Crippen LogP contribution in [0.1, 0.15) is 38.7 Å². The zero-order valence-electron chi connectivity index (χ0n) is 13.2. The van der Waals surface area contributed by atoms with E-state index in [4.69, 9.17) is 0 Å². The molecule has 0 radical (unpaired) electrons. The van der Waals surface area contributed by atoms with Crippen molar-refractivity contribution in [2.24, 2.45) is 0 Å². The first kappa shape index (κ1) is 16.3. The van der Waals surface area contributed by atoms with E-state index >= 15 is 0 Å². The number of aryl methyl sites for hydroxylation is 1. The highest BCUT2D eigenvalue weighted by Gasteiger charge is 2.43. The Morgan fingerprint density at radius 2 is 2.00 bits per heavy atom. The first-order valence-corrected chi connectivity index (χ1v) is 7.76. The molecule has 1 aromatic rings. The van der Waals surface area contributed by atoms with Crippen molar-refractivity contribution in [2.45, 2.75) is 51.1 Å². The molecule has 1 heterocycles. The molecule has 1 unspecified atom stereocenters. The minimum Gasteiger partial charge on any atom is -0.465 e. The van der Waals surface area contributed by atoms with E-state index in [0.717, 1.165) is 25.7 Å². The molecule has 1 atom stereocenters. The van der Waals surface area contributed by atoms with Crippen molar-refractivity contribution in [3.05, 3.63) is 35.9 Å². The number of carboxylic acid groups (broad SMARTS) is 1. The highest BCUT2D eigenvalue weighted by Crippen LogP contribution is 2.26. The molecule has 1 aliphatic heterocycles. The summed E-state index contributed by atoms with van der Waals surface area (Å²) in [5, 5.41) is 12.1. The van der Waals surface area contributed by atoms with Gasteiger partial charge in [-0.2, -0.15) is 0 Å². The van der Waals surface area contributed by atoms with Gasteiger partial charge >= 0.3 is 6.09 Å². The second kappa shape index (κ2) is 6.81. The third-order valence-corrected chi connectivity index (χ3v) is 4.29. The maximum absolute atomic E-state index is 11.5. The molecule has 120 valence electrons. The molecule has 1 aliphatic rings. The average molecular weight is 304 g/mol. The van der Waals surface area contributed by atoms with Gasteiger partial charge in [-0.3, -0.25) is 9.69 Å². The van der Waals surface area contributed by atoms with E-state index in [0.29, 0.717) is 6.54 Å². The van der Waals surface area contributed by atoms with Crippen LogP contribution >= 0.6 is 0 Å². The van der Waals surface area contributed by atoms with E-state index in [-0.39, 0.29) is 5.91 Å². The van der Waals surface area contributed by atoms with Gasteiger partial charge in [0.15, 0.2) is 0 Å². The highest BCUT2D eigenvalue weighted by atomic mass is 16.4. The maximum Gasteiger partial charge on any atom is 0.408 e. The van der Waals surface area contributed by atoms with Gasteiger partial charge in [0, 0.05) is 12.1 Å². The largest absolute Gasteiger partial charge is 0.465 e. The van der Waals surface area contributed by atoms with Crippen LogP contribution in [0.3, 0.4) is 0 Å². The number of nitrogens with zero attached hydrogens (tertiary/aromatic N) is 1. The first-order valence-electron chi connectivity index (χ1n) is 7.76. The minimum atomic E-state index is -1.02. The fraction of sp³-hybridized carbons (Fsp3) is 0.529. The van der Waals surface area contributed by atoms with Crippen LogP contribution in [-0.4, -0.2) is 40.1 Å². The fourth-order valence-corrected chi connectivity index (χ4v) is 2.95. The van der Waals surface area contributed by atoms with Gasteiger partial charge in [0.1, 0.15) is 6.04 Å². The van der Waals surface area contributed by atoms with Crippen LogP contribution in [0, 0.1) is 0 Å². The molecule has 0 saturated carbocycles. The number of carbonyl (C=O) groups excluding carboxylic acids is 1. The minimum absolute atomic E-state index is 0.195. The summed E-state index contributed by atoms with van der Waals surface area (Å²) in [6.07, 6.45) is 2.66. The number of hydrogen-bond acceptors (Lipinski definition) is 2. The second-order valence-corrected chi connectivity index (χ2v) is 6.42. The quantitative estimate of drug-likeness (QED) is 0.601. The molecule has 0 spiro atoms. The molecule has 2 amide bonds. The molecule has 1 saturated heterocycles. The lowest BCUT2D eigenvalue weighted by Crippen LogP contribution is -2.67. The van der Waals surface area contributed by atoms with Gasteiger partial charge in [-0.15, -0.1) is 0 Å². The van der Waals surface area contributed by atoms with Crippen molar-refractivity contribution in [1.29, 1.82) is 0 Å². The number of carbonyl (C=O) groups is 2. The molecule has 22 heavy (non-hydrogen) atoms. The summed E-state index contributed by atoms with van der Waals surface area (Å²) in [5.74, 6) is -0.195. The predicted octanol–water partition coefficient (Wildman–Crippen LogP) is 2.66. The van der Waals surface area contributed by atoms with E-state index in [2.05, 4.69) is 17.4 Å².